The molecule has 0 spiro atoms. The molecule has 2 aromatic rings. The van der Waals surface area contributed by atoms with Crippen molar-refractivity contribution < 1.29 is 18.6 Å². The minimum absolute atomic E-state index is 0.325. The minimum atomic E-state index is -4.11. The van der Waals surface area contributed by atoms with Gasteiger partial charge in [0.1, 0.15) is 6.07 Å². The lowest BCUT2D eigenvalue weighted by atomic mass is 10.0. The van der Waals surface area contributed by atoms with Crippen LogP contribution in [-0.2, 0) is 10.0 Å². The maximum absolute atomic E-state index is 12.5. The van der Waals surface area contributed by atoms with Crippen LogP contribution in [0, 0.1) is 11.3 Å². The zero-order valence-corrected chi connectivity index (χ0v) is 17.8. The third kappa shape index (κ3) is 4.99. The molecule has 0 amide bonds. The third-order valence-electron chi connectivity index (χ3n) is 5.41. The van der Waals surface area contributed by atoms with E-state index < -0.39 is 27.6 Å². The lowest BCUT2D eigenvalue weighted by Gasteiger charge is -2.29. The molecule has 7 nitrogen and oxygen atoms in total. The van der Waals surface area contributed by atoms with E-state index in [0.717, 1.165) is 23.9 Å². The average molecular weight is 430 g/mol. The zero-order valence-electron chi connectivity index (χ0n) is 17.0. The molecule has 0 saturated carbocycles. The van der Waals surface area contributed by atoms with Crippen LogP contribution in [0.1, 0.15) is 31.7 Å². The van der Waals surface area contributed by atoms with Crippen LogP contribution in [-0.4, -0.2) is 51.0 Å². The highest BCUT2D eigenvalue weighted by Gasteiger charge is 2.22. The molecule has 160 valence electrons. The fourth-order valence-corrected chi connectivity index (χ4v) is 4.83. The van der Waals surface area contributed by atoms with Crippen molar-refractivity contribution in [1.29, 1.82) is 5.26 Å². The number of hydrogen-bond acceptors (Lipinski definition) is 6. The van der Waals surface area contributed by atoms with Crippen molar-refractivity contribution >= 4 is 32.1 Å². The van der Waals surface area contributed by atoms with Gasteiger partial charge in [0.25, 0.3) is 10.0 Å². The molecule has 3 rings (SSSR count). The molecule has 30 heavy (non-hydrogen) atoms. The molecule has 0 aromatic heterocycles. The van der Waals surface area contributed by atoms with Gasteiger partial charge in [-0.15, -0.1) is 0 Å². The molecular formula is C22H27N3O4S. The van der Waals surface area contributed by atoms with Gasteiger partial charge in [0.2, 0.25) is 0 Å². The van der Waals surface area contributed by atoms with Gasteiger partial charge in [-0.2, -0.15) is 5.26 Å². The molecule has 0 aliphatic carbocycles. The number of aliphatic hydroxyl groups excluding tert-OH is 2. The summed E-state index contributed by atoms with van der Waals surface area (Å²) in [6.07, 6.45) is 2.46. The molecule has 1 unspecified atom stereocenters. The van der Waals surface area contributed by atoms with Gasteiger partial charge < -0.3 is 15.1 Å². The lowest BCUT2D eigenvalue weighted by molar-refractivity contribution is 0.0989. The number of nitrogens with zero attached hydrogens (tertiary/aromatic N) is 2. The Labute approximate surface area is 177 Å². The monoisotopic (exact) mass is 429 g/mol. The summed E-state index contributed by atoms with van der Waals surface area (Å²) in [6, 6.07) is 13.6. The number of allylic oxidation sites excluding steroid dienone is 2. The van der Waals surface area contributed by atoms with E-state index in [9.17, 15) is 18.8 Å². The van der Waals surface area contributed by atoms with Crippen molar-refractivity contribution in [2.24, 2.45) is 0 Å². The number of aliphatic hydroxyl groups is 2. The van der Waals surface area contributed by atoms with E-state index in [-0.39, 0.29) is 6.54 Å². The first-order valence-corrected chi connectivity index (χ1v) is 11.5. The van der Waals surface area contributed by atoms with Crippen molar-refractivity contribution in [1.82, 2.24) is 4.72 Å². The normalized spacial score (nSPS) is 16.8. The van der Waals surface area contributed by atoms with Crippen molar-refractivity contribution in [3.63, 3.8) is 0 Å². The van der Waals surface area contributed by atoms with E-state index in [1.807, 2.05) is 24.3 Å². The number of nitrogens with one attached hydrogen (secondary N) is 1. The Balaban J connectivity index is 1.91. The van der Waals surface area contributed by atoms with Crippen molar-refractivity contribution in [2.45, 2.75) is 32.3 Å². The lowest BCUT2D eigenvalue weighted by Crippen LogP contribution is -2.34. The van der Waals surface area contributed by atoms with Crippen LogP contribution in [0.25, 0.3) is 16.3 Å². The quantitative estimate of drug-likeness (QED) is 0.582. The first kappa shape index (κ1) is 22.2. The van der Waals surface area contributed by atoms with E-state index in [1.54, 1.807) is 13.0 Å². The highest BCUT2D eigenvalue weighted by Crippen LogP contribution is 2.29. The summed E-state index contributed by atoms with van der Waals surface area (Å²) in [5.74, 6) is 0. The van der Waals surface area contributed by atoms with Crippen LogP contribution in [0.15, 0.2) is 41.3 Å². The number of fused-ring (bicyclic) bond motifs is 1. The number of anilines is 1. The van der Waals surface area contributed by atoms with E-state index in [2.05, 4.69) is 21.8 Å². The maximum Gasteiger partial charge on any atom is 0.251 e. The fourth-order valence-electron chi connectivity index (χ4n) is 3.63. The number of sulfonamides is 1. The van der Waals surface area contributed by atoms with Gasteiger partial charge in [-0.25, -0.2) is 13.1 Å². The van der Waals surface area contributed by atoms with Crippen molar-refractivity contribution in [2.75, 3.05) is 31.1 Å². The predicted molar refractivity (Wildman–Crippen MR) is 118 cm³/mol. The second-order valence-corrected chi connectivity index (χ2v) is 9.25. The van der Waals surface area contributed by atoms with E-state index >= 15 is 0 Å². The van der Waals surface area contributed by atoms with Gasteiger partial charge in [0.05, 0.1) is 12.7 Å². The third-order valence-corrected chi connectivity index (χ3v) is 6.89. The van der Waals surface area contributed by atoms with Crippen molar-refractivity contribution in [3.8, 4) is 6.07 Å². The summed E-state index contributed by atoms with van der Waals surface area (Å²) < 4.78 is 27.1. The van der Waals surface area contributed by atoms with Gasteiger partial charge in [-0.1, -0.05) is 18.2 Å². The summed E-state index contributed by atoms with van der Waals surface area (Å²) in [6.45, 7) is 2.77. The molecule has 3 N–H and O–H groups in total. The fraction of sp³-hybridized carbons (Fsp3) is 0.409. The molecule has 0 radical (unpaired) electrons. The SMILES string of the molecule is C/C(=C(/C#N)S(=O)(=O)NCC(O)CO)c1ccc2cc(N3CCCCC3)ccc2c1. The predicted octanol–water partition coefficient (Wildman–Crippen LogP) is 2.36. The van der Waals surface area contributed by atoms with Crippen LogP contribution in [0.2, 0.25) is 0 Å². The second-order valence-electron chi connectivity index (χ2n) is 7.55. The summed E-state index contributed by atoms with van der Waals surface area (Å²) in [7, 11) is -4.11. The van der Waals surface area contributed by atoms with Gasteiger partial charge in [-0.05, 0) is 66.3 Å². The second kappa shape index (κ2) is 9.58. The first-order valence-electron chi connectivity index (χ1n) is 10.0. The number of nitriles is 1. The van der Waals surface area contributed by atoms with Gasteiger partial charge >= 0.3 is 0 Å². The molecule has 1 fully saturated rings. The molecule has 0 bridgehead atoms. The Morgan fingerprint density at radius 2 is 1.83 bits per heavy atom. The van der Waals surface area contributed by atoms with E-state index in [1.165, 1.54) is 24.9 Å². The summed E-state index contributed by atoms with van der Waals surface area (Å²) in [4.78, 5) is 1.98. The standard InChI is InChI=1S/C22H27N3O4S/c1-16(22(13-23)30(28,29)24-14-21(27)15-26)17-5-6-19-12-20(8-7-18(19)11-17)25-9-3-2-4-10-25/h5-8,11-12,21,24,26-27H,2-4,9-10,14-15H2,1H3/b22-16+. The molecule has 2 aromatic carbocycles. The van der Waals surface area contributed by atoms with Gasteiger partial charge in [-0.3, -0.25) is 0 Å². The van der Waals surface area contributed by atoms with Gasteiger partial charge in [0.15, 0.2) is 4.91 Å². The molecule has 1 atom stereocenters. The Morgan fingerprint density at radius 3 is 2.50 bits per heavy atom. The Morgan fingerprint density at radius 1 is 1.17 bits per heavy atom. The summed E-state index contributed by atoms with van der Waals surface area (Å²) >= 11 is 0. The van der Waals surface area contributed by atoms with Crippen molar-refractivity contribution in [3.05, 3.63) is 46.9 Å². The van der Waals surface area contributed by atoms with Crippen LogP contribution in [0.3, 0.4) is 0 Å². The topological polar surface area (TPSA) is 114 Å². The van der Waals surface area contributed by atoms with Crippen LogP contribution in [0.4, 0.5) is 5.69 Å². The van der Waals surface area contributed by atoms with Crippen LogP contribution < -0.4 is 9.62 Å². The number of piperidine rings is 1. The molecule has 1 saturated heterocycles. The highest BCUT2D eigenvalue weighted by molar-refractivity contribution is 7.93. The molecule has 1 aliphatic rings. The van der Waals surface area contributed by atoms with E-state index in [4.69, 9.17) is 5.11 Å². The number of rotatable bonds is 7. The van der Waals surface area contributed by atoms with Crippen LogP contribution in [0.5, 0.6) is 0 Å². The number of benzene rings is 2. The summed E-state index contributed by atoms with van der Waals surface area (Å²) in [5.41, 5.74) is 2.15. The van der Waals surface area contributed by atoms with Gasteiger partial charge in [0, 0.05) is 25.3 Å². The Kier molecular flexibility index (Phi) is 7.10. The minimum Gasteiger partial charge on any atom is -0.394 e. The Bertz CT molecular complexity index is 1080. The molecule has 1 heterocycles. The molecular weight excluding hydrogens is 402 g/mol. The molecule has 1 aliphatic heterocycles. The first-order chi connectivity index (χ1) is 14.4. The van der Waals surface area contributed by atoms with Crippen LogP contribution >= 0.6 is 0 Å². The van der Waals surface area contributed by atoms with E-state index in [0.29, 0.717) is 11.1 Å². The highest BCUT2D eigenvalue weighted by atomic mass is 32.2. The maximum atomic E-state index is 12.5. The smallest absolute Gasteiger partial charge is 0.251 e. The number of hydrogen-bond donors (Lipinski definition) is 3. The largest absolute Gasteiger partial charge is 0.394 e. The average Bonchev–Trinajstić information content (AvgIpc) is 2.77. The Hall–Kier alpha value is -2.44. The molecule has 8 heteroatoms. The summed E-state index contributed by atoms with van der Waals surface area (Å²) in [5, 5.41) is 29.7. The zero-order chi connectivity index (χ0) is 21.7.